The lowest BCUT2D eigenvalue weighted by Crippen LogP contribution is -2.47. The molecule has 1 heterocycles. The molecule has 31 heavy (non-hydrogen) atoms. The molecule has 0 saturated heterocycles. The molecule has 2 aromatic rings. The first kappa shape index (κ1) is 24.1. The van der Waals surface area contributed by atoms with E-state index in [0.29, 0.717) is 15.6 Å². The Morgan fingerprint density at radius 2 is 1.97 bits per heavy atom. The molecule has 10 heteroatoms. The van der Waals surface area contributed by atoms with E-state index in [-0.39, 0.29) is 36.9 Å². The van der Waals surface area contributed by atoms with Crippen LogP contribution in [0.25, 0.3) is 0 Å². The fraction of sp³-hybridized carbons (Fsp3) is 0.429. The van der Waals surface area contributed by atoms with Crippen LogP contribution in [0.15, 0.2) is 36.5 Å². The number of nitrogens with zero attached hydrogens (tertiary/aromatic N) is 1. The standard InChI is InChI=1S/C21H22Cl2FNO5S/c22-15-5-3-14(17(23)12-15)4-6-18(27)21(24)8-7-20(28,13-31(29,30)11-10-26)19-16(21)2-1-9-25-19/h1-3,5,9,12,26,28H,4,6-8,10-11,13H2/t20-,21+/m1/s1. The molecule has 0 amide bonds. The number of alkyl halides is 1. The summed E-state index contributed by atoms with van der Waals surface area (Å²) in [5, 5.41) is 20.8. The predicted molar refractivity (Wildman–Crippen MR) is 116 cm³/mol. The third kappa shape index (κ3) is 5.09. The maximum Gasteiger partial charge on any atom is 0.195 e. The average molecular weight is 490 g/mol. The number of Topliss-reactive ketones (excluding diaryl/α,β-unsaturated/α-hetero) is 1. The van der Waals surface area contributed by atoms with Gasteiger partial charge in [-0.05, 0) is 43.0 Å². The number of hydrogen-bond donors (Lipinski definition) is 2. The summed E-state index contributed by atoms with van der Waals surface area (Å²) in [6, 6.07) is 7.62. The maximum absolute atomic E-state index is 16.0. The van der Waals surface area contributed by atoms with Crippen molar-refractivity contribution in [1.29, 1.82) is 0 Å². The number of aromatic nitrogens is 1. The van der Waals surface area contributed by atoms with E-state index in [2.05, 4.69) is 4.98 Å². The number of aliphatic hydroxyl groups is 2. The minimum atomic E-state index is -3.82. The first-order valence-corrected chi connectivity index (χ1v) is 12.2. The number of aryl methyl sites for hydroxylation is 1. The number of benzene rings is 1. The van der Waals surface area contributed by atoms with Crippen molar-refractivity contribution in [1.82, 2.24) is 4.98 Å². The monoisotopic (exact) mass is 489 g/mol. The Bertz CT molecular complexity index is 1100. The molecule has 1 aromatic heterocycles. The van der Waals surface area contributed by atoms with Crippen LogP contribution in [0.2, 0.25) is 10.0 Å². The van der Waals surface area contributed by atoms with E-state index in [9.17, 15) is 18.3 Å². The van der Waals surface area contributed by atoms with E-state index in [1.54, 1.807) is 18.2 Å². The molecule has 0 aliphatic heterocycles. The van der Waals surface area contributed by atoms with Crippen molar-refractivity contribution in [3.05, 3.63) is 63.4 Å². The molecule has 168 valence electrons. The number of rotatable bonds is 8. The molecule has 6 nitrogen and oxygen atoms in total. The fourth-order valence-electron chi connectivity index (χ4n) is 3.90. The first-order valence-electron chi connectivity index (χ1n) is 9.66. The van der Waals surface area contributed by atoms with E-state index >= 15 is 4.39 Å². The summed E-state index contributed by atoms with van der Waals surface area (Å²) in [6.07, 6.45) is 0.681. The summed E-state index contributed by atoms with van der Waals surface area (Å²) in [5.41, 5.74) is -4.00. The molecule has 0 unspecified atom stereocenters. The van der Waals surface area contributed by atoms with Crippen LogP contribution in [0.5, 0.6) is 0 Å². The molecular formula is C21H22Cl2FNO5S. The summed E-state index contributed by atoms with van der Waals surface area (Å²) < 4.78 is 40.4. The van der Waals surface area contributed by atoms with Crippen LogP contribution in [0.3, 0.4) is 0 Å². The summed E-state index contributed by atoms with van der Waals surface area (Å²) in [7, 11) is -3.82. The summed E-state index contributed by atoms with van der Waals surface area (Å²) in [5.74, 6) is -1.94. The molecule has 1 aliphatic rings. The van der Waals surface area contributed by atoms with Gasteiger partial charge in [0.05, 0.1) is 23.8 Å². The van der Waals surface area contributed by atoms with Gasteiger partial charge in [-0.3, -0.25) is 9.78 Å². The summed E-state index contributed by atoms with van der Waals surface area (Å²) in [6.45, 7) is -0.591. The van der Waals surface area contributed by atoms with E-state index < -0.39 is 45.0 Å². The van der Waals surface area contributed by atoms with Crippen molar-refractivity contribution >= 4 is 38.8 Å². The third-order valence-corrected chi connectivity index (χ3v) is 7.81. The Kier molecular flexibility index (Phi) is 7.08. The van der Waals surface area contributed by atoms with Crippen LogP contribution in [0, 0.1) is 0 Å². The number of fused-ring (bicyclic) bond motifs is 1. The molecule has 2 N–H and O–H groups in total. The molecular weight excluding hydrogens is 468 g/mol. The van der Waals surface area contributed by atoms with Crippen LogP contribution in [-0.4, -0.2) is 47.5 Å². The molecule has 2 atom stereocenters. The molecule has 0 fully saturated rings. The van der Waals surface area contributed by atoms with Crippen LogP contribution < -0.4 is 0 Å². The summed E-state index contributed by atoms with van der Waals surface area (Å²) >= 11 is 12.0. The van der Waals surface area contributed by atoms with Gasteiger partial charge >= 0.3 is 0 Å². The van der Waals surface area contributed by atoms with E-state index in [0.717, 1.165) is 0 Å². The van der Waals surface area contributed by atoms with Crippen LogP contribution in [0.1, 0.15) is 36.1 Å². The van der Waals surface area contributed by atoms with Gasteiger partial charge in [0.1, 0.15) is 5.60 Å². The van der Waals surface area contributed by atoms with Gasteiger partial charge in [-0.2, -0.15) is 0 Å². The third-order valence-electron chi connectivity index (χ3n) is 5.50. The van der Waals surface area contributed by atoms with Gasteiger partial charge in [0.15, 0.2) is 21.3 Å². The largest absolute Gasteiger partial charge is 0.395 e. The van der Waals surface area contributed by atoms with Gasteiger partial charge in [-0.25, -0.2) is 12.8 Å². The number of carbonyl (C=O) groups excluding carboxylic acids is 1. The molecule has 0 saturated carbocycles. The Labute approximate surface area is 189 Å². The van der Waals surface area contributed by atoms with Crippen molar-refractivity contribution < 1.29 is 27.8 Å². The predicted octanol–water partition coefficient (Wildman–Crippen LogP) is 3.14. The fourth-order valence-corrected chi connectivity index (χ4v) is 5.84. The zero-order valence-electron chi connectivity index (χ0n) is 16.5. The SMILES string of the molecule is O=C(CCc1ccc(Cl)cc1Cl)[C@]1(F)CC[C@@](O)(CS(=O)(=O)CCO)c2ncccc21. The van der Waals surface area contributed by atoms with Gasteiger partial charge in [-0.1, -0.05) is 35.3 Å². The number of hydrogen-bond acceptors (Lipinski definition) is 6. The first-order chi connectivity index (χ1) is 14.5. The lowest BCUT2D eigenvalue weighted by molar-refractivity contribution is -0.134. The highest BCUT2D eigenvalue weighted by molar-refractivity contribution is 7.91. The number of halogens is 3. The molecule has 0 spiro atoms. The number of aliphatic hydroxyl groups excluding tert-OH is 1. The quantitative estimate of drug-likeness (QED) is 0.589. The highest BCUT2D eigenvalue weighted by Crippen LogP contribution is 2.47. The minimum absolute atomic E-state index is 0.129. The molecule has 1 aromatic carbocycles. The minimum Gasteiger partial charge on any atom is -0.395 e. The van der Waals surface area contributed by atoms with Gasteiger partial charge < -0.3 is 10.2 Å². The normalized spacial score (nSPS) is 23.4. The second-order valence-corrected chi connectivity index (χ2v) is 10.7. The van der Waals surface area contributed by atoms with E-state index in [4.69, 9.17) is 28.3 Å². The zero-order chi connectivity index (χ0) is 22.9. The van der Waals surface area contributed by atoms with Crippen LogP contribution in [0.4, 0.5) is 4.39 Å². The highest BCUT2D eigenvalue weighted by Gasteiger charge is 2.52. The molecule has 3 rings (SSSR count). The Morgan fingerprint density at radius 1 is 1.23 bits per heavy atom. The van der Waals surface area contributed by atoms with E-state index in [1.165, 1.54) is 18.3 Å². The van der Waals surface area contributed by atoms with Crippen molar-refractivity contribution in [2.75, 3.05) is 18.1 Å². The van der Waals surface area contributed by atoms with Gasteiger partial charge in [0.25, 0.3) is 0 Å². The topological polar surface area (TPSA) is 105 Å². The maximum atomic E-state index is 16.0. The van der Waals surface area contributed by atoms with Crippen LogP contribution >= 0.6 is 23.2 Å². The van der Waals surface area contributed by atoms with Gasteiger partial charge in [0, 0.05) is 28.2 Å². The van der Waals surface area contributed by atoms with Crippen molar-refractivity contribution in [3.63, 3.8) is 0 Å². The average Bonchev–Trinajstić information content (AvgIpc) is 2.70. The lowest BCUT2D eigenvalue weighted by atomic mass is 9.73. The Balaban J connectivity index is 1.88. The number of carbonyl (C=O) groups is 1. The van der Waals surface area contributed by atoms with Crippen LogP contribution in [-0.2, 0) is 32.3 Å². The Morgan fingerprint density at radius 3 is 2.65 bits per heavy atom. The number of pyridine rings is 1. The van der Waals surface area contributed by atoms with Gasteiger partial charge in [0.2, 0.25) is 0 Å². The van der Waals surface area contributed by atoms with Crippen molar-refractivity contribution in [2.45, 2.75) is 37.0 Å². The molecule has 1 aliphatic carbocycles. The smallest absolute Gasteiger partial charge is 0.195 e. The number of ketones is 1. The second kappa shape index (κ2) is 9.11. The molecule has 0 bridgehead atoms. The van der Waals surface area contributed by atoms with Crippen molar-refractivity contribution in [2.24, 2.45) is 0 Å². The highest BCUT2D eigenvalue weighted by atomic mass is 35.5. The second-order valence-electron chi connectivity index (χ2n) is 7.71. The number of sulfone groups is 1. The van der Waals surface area contributed by atoms with Crippen molar-refractivity contribution in [3.8, 4) is 0 Å². The Hall–Kier alpha value is -1.58. The lowest BCUT2D eigenvalue weighted by Gasteiger charge is -2.39. The summed E-state index contributed by atoms with van der Waals surface area (Å²) in [4.78, 5) is 17.0. The van der Waals surface area contributed by atoms with E-state index in [1.807, 2.05) is 0 Å². The van der Waals surface area contributed by atoms with Gasteiger partial charge in [-0.15, -0.1) is 0 Å². The zero-order valence-corrected chi connectivity index (χ0v) is 18.9. The molecule has 0 radical (unpaired) electrons.